The van der Waals surface area contributed by atoms with Gasteiger partial charge in [-0.2, -0.15) is 0 Å². The standard InChI is InChI=1S/C38H63NO7/c1-6-8-10-12-14-16-17-18-19-21-22-24-26-28-36(40)45-33-34(32-44-31-30-35(38(42)43)39(3,4)5)46-37(41)29-27-25-23-20-15-13-11-9-7-2/h8,10,12,14,16-20,23,34-35H,6-7,9,11,13,15,21-22,24-33H2,1-5H3/p+1/b10-8+,14-12+,17-16+,19-18+,23-20+. The fourth-order valence-electron chi connectivity index (χ4n) is 4.51. The van der Waals surface area contributed by atoms with E-state index in [1.165, 1.54) is 25.7 Å². The normalized spacial score (nSPS) is 13.8. The van der Waals surface area contributed by atoms with Crippen molar-refractivity contribution in [3.05, 3.63) is 60.8 Å². The second-order valence-electron chi connectivity index (χ2n) is 12.5. The molecule has 2 unspecified atom stereocenters. The highest BCUT2D eigenvalue weighted by molar-refractivity contribution is 5.72. The second-order valence-corrected chi connectivity index (χ2v) is 12.5. The Bertz CT molecular complexity index is 943. The van der Waals surface area contributed by atoms with Crippen LogP contribution in [0.25, 0.3) is 0 Å². The first-order chi connectivity index (χ1) is 22.1. The Morgan fingerprint density at radius 2 is 1.26 bits per heavy atom. The maximum atomic E-state index is 12.5. The van der Waals surface area contributed by atoms with Crippen molar-refractivity contribution in [1.82, 2.24) is 0 Å². The highest BCUT2D eigenvalue weighted by atomic mass is 16.6. The summed E-state index contributed by atoms with van der Waals surface area (Å²) in [6, 6.07) is -0.624. The highest BCUT2D eigenvalue weighted by Crippen LogP contribution is 2.11. The highest BCUT2D eigenvalue weighted by Gasteiger charge is 2.31. The zero-order valence-electron chi connectivity index (χ0n) is 29.5. The zero-order valence-corrected chi connectivity index (χ0v) is 29.5. The number of ether oxygens (including phenoxy) is 3. The van der Waals surface area contributed by atoms with Crippen LogP contribution in [0.4, 0.5) is 0 Å². The molecule has 0 aromatic heterocycles. The molecule has 0 bridgehead atoms. The molecule has 2 atom stereocenters. The quantitative estimate of drug-likeness (QED) is 0.0287. The molecule has 8 heteroatoms. The molecule has 0 heterocycles. The van der Waals surface area contributed by atoms with Gasteiger partial charge in [-0.25, -0.2) is 4.79 Å². The van der Waals surface area contributed by atoms with Gasteiger partial charge in [0.05, 0.1) is 34.4 Å². The molecule has 262 valence electrons. The van der Waals surface area contributed by atoms with Gasteiger partial charge in [0, 0.05) is 19.3 Å². The molecule has 0 aromatic carbocycles. The van der Waals surface area contributed by atoms with Gasteiger partial charge in [-0.1, -0.05) is 100 Å². The molecule has 0 aliphatic rings. The second kappa shape index (κ2) is 29.4. The number of rotatable bonds is 29. The maximum absolute atomic E-state index is 12.5. The monoisotopic (exact) mass is 646 g/mol. The van der Waals surface area contributed by atoms with E-state index in [2.05, 4.69) is 38.2 Å². The van der Waals surface area contributed by atoms with Crippen LogP contribution in [0.3, 0.4) is 0 Å². The number of carboxylic acids is 1. The lowest BCUT2D eigenvalue weighted by atomic mass is 10.1. The topological polar surface area (TPSA) is 99.1 Å². The van der Waals surface area contributed by atoms with Crippen molar-refractivity contribution >= 4 is 17.9 Å². The number of hydrogen-bond donors (Lipinski definition) is 1. The largest absolute Gasteiger partial charge is 0.477 e. The number of quaternary nitrogens is 1. The van der Waals surface area contributed by atoms with E-state index in [0.717, 1.165) is 44.9 Å². The number of carbonyl (C=O) groups is 3. The van der Waals surface area contributed by atoms with E-state index >= 15 is 0 Å². The fourth-order valence-corrected chi connectivity index (χ4v) is 4.51. The number of carbonyl (C=O) groups excluding carboxylic acids is 2. The van der Waals surface area contributed by atoms with Gasteiger partial charge in [-0.05, 0) is 51.4 Å². The van der Waals surface area contributed by atoms with Crippen molar-refractivity contribution in [2.45, 2.75) is 122 Å². The molecule has 46 heavy (non-hydrogen) atoms. The number of hydrogen-bond acceptors (Lipinski definition) is 6. The Balaban J connectivity index is 4.58. The third kappa shape index (κ3) is 27.3. The fraction of sp³-hybridized carbons (Fsp3) is 0.658. The first-order valence-electron chi connectivity index (χ1n) is 17.4. The molecule has 0 fully saturated rings. The molecule has 0 amide bonds. The van der Waals surface area contributed by atoms with Gasteiger partial charge in [-0.3, -0.25) is 9.59 Å². The van der Waals surface area contributed by atoms with Crippen LogP contribution in [0.15, 0.2) is 60.8 Å². The van der Waals surface area contributed by atoms with E-state index in [4.69, 9.17) is 14.2 Å². The Labute approximate surface area is 279 Å². The maximum Gasteiger partial charge on any atom is 0.362 e. The van der Waals surface area contributed by atoms with Gasteiger partial charge in [0.15, 0.2) is 12.1 Å². The van der Waals surface area contributed by atoms with Gasteiger partial charge in [0.2, 0.25) is 0 Å². The first-order valence-corrected chi connectivity index (χ1v) is 17.4. The molecule has 0 aliphatic carbocycles. The van der Waals surface area contributed by atoms with Crippen molar-refractivity contribution in [3.63, 3.8) is 0 Å². The summed E-state index contributed by atoms with van der Waals surface area (Å²) < 4.78 is 17.0. The molecular formula is C38H64NO7+. The summed E-state index contributed by atoms with van der Waals surface area (Å²) in [5, 5.41) is 9.55. The lowest BCUT2D eigenvalue weighted by Crippen LogP contribution is -2.50. The number of nitrogens with zero attached hydrogens (tertiary/aromatic N) is 1. The van der Waals surface area contributed by atoms with Crippen LogP contribution in [0.5, 0.6) is 0 Å². The Kier molecular flexibility index (Phi) is 27.5. The molecule has 0 saturated heterocycles. The van der Waals surface area contributed by atoms with E-state index in [-0.39, 0.29) is 42.7 Å². The minimum Gasteiger partial charge on any atom is -0.477 e. The zero-order chi connectivity index (χ0) is 34.3. The van der Waals surface area contributed by atoms with Crippen LogP contribution in [0.2, 0.25) is 0 Å². The lowest BCUT2D eigenvalue weighted by molar-refractivity contribution is -0.887. The average molecular weight is 647 g/mol. The third-order valence-corrected chi connectivity index (χ3v) is 7.25. The van der Waals surface area contributed by atoms with Gasteiger partial charge < -0.3 is 23.8 Å². The SMILES string of the molecule is CC/C=C/C=C/C=C/C=C/CCCCCC(=O)OCC(COCCC(C(=O)O)[N+](C)(C)C)OC(=O)CCC/C=C/CCCCCC. The molecule has 1 N–H and O–H groups in total. The third-order valence-electron chi connectivity index (χ3n) is 7.25. The van der Waals surface area contributed by atoms with Gasteiger partial charge in [-0.15, -0.1) is 0 Å². The summed E-state index contributed by atoms with van der Waals surface area (Å²) in [5.74, 6) is -1.58. The number of allylic oxidation sites excluding steroid dienone is 10. The van der Waals surface area contributed by atoms with Crippen LogP contribution in [-0.2, 0) is 28.6 Å². The molecule has 0 rings (SSSR count). The number of esters is 2. The van der Waals surface area contributed by atoms with Crippen molar-refractivity contribution in [1.29, 1.82) is 0 Å². The van der Waals surface area contributed by atoms with E-state index < -0.39 is 18.1 Å². The molecule has 0 aliphatic heterocycles. The minimum atomic E-state index is -0.890. The number of unbranched alkanes of at least 4 members (excludes halogenated alkanes) is 8. The van der Waals surface area contributed by atoms with Gasteiger partial charge >= 0.3 is 17.9 Å². The minimum absolute atomic E-state index is 0.0339. The summed E-state index contributed by atoms with van der Waals surface area (Å²) in [7, 11) is 5.48. The molecule has 0 aromatic rings. The van der Waals surface area contributed by atoms with Crippen molar-refractivity contribution in [2.75, 3.05) is 41.0 Å². The smallest absolute Gasteiger partial charge is 0.362 e. The van der Waals surface area contributed by atoms with Crippen LogP contribution < -0.4 is 0 Å². The van der Waals surface area contributed by atoms with E-state index in [1.54, 1.807) is 0 Å². The Morgan fingerprint density at radius 1 is 0.674 bits per heavy atom. The van der Waals surface area contributed by atoms with E-state index in [9.17, 15) is 19.5 Å². The summed E-state index contributed by atoms with van der Waals surface area (Å²) in [6.45, 7) is 4.44. The molecule has 0 spiro atoms. The Hall–Kier alpha value is -2.97. The van der Waals surface area contributed by atoms with Gasteiger partial charge in [0.1, 0.15) is 6.61 Å². The predicted molar refractivity (Wildman–Crippen MR) is 187 cm³/mol. The lowest BCUT2D eigenvalue weighted by Gasteiger charge is -2.31. The molecule has 0 radical (unpaired) electrons. The molecule has 0 saturated carbocycles. The van der Waals surface area contributed by atoms with E-state index in [1.807, 2.05) is 57.6 Å². The summed E-state index contributed by atoms with van der Waals surface area (Å²) in [6.07, 6.45) is 32.8. The van der Waals surface area contributed by atoms with Crippen LogP contribution in [-0.4, -0.2) is 80.6 Å². The first kappa shape index (κ1) is 43.0. The van der Waals surface area contributed by atoms with Crippen LogP contribution in [0.1, 0.15) is 110 Å². The van der Waals surface area contributed by atoms with Crippen LogP contribution >= 0.6 is 0 Å². The number of carboxylic acid groups (broad SMARTS) is 1. The summed E-state index contributed by atoms with van der Waals surface area (Å²) in [5.41, 5.74) is 0. The summed E-state index contributed by atoms with van der Waals surface area (Å²) in [4.78, 5) is 36.6. The average Bonchev–Trinajstić information content (AvgIpc) is 3.00. The summed E-state index contributed by atoms with van der Waals surface area (Å²) >= 11 is 0. The molecule has 8 nitrogen and oxygen atoms in total. The van der Waals surface area contributed by atoms with Crippen LogP contribution in [0, 0.1) is 0 Å². The number of likely N-dealkylation sites (N-methyl/N-ethyl adjacent to an activating group) is 1. The molecular weight excluding hydrogens is 582 g/mol. The van der Waals surface area contributed by atoms with Crippen molar-refractivity contribution < 1.29 is 38.2 Å². The number of aliphatic carboxylic acids is 1. The van der Waals surface area contributed by atoms with Gasteiger partial charge in [0.25, 0.3) is 0 Å². The van der Waals surface area contributed by atoms with Crippen molar-refractivity contribution in [2.24, 2.45) is 0 Å². The van der Waals surface area contributed by atoms with E-state index in [0.29, 0.717) is 19.3 Å². The predicted octanol–water partition coefficient (Wildman–Crippen LogP) is 8.29. The Morgan fingerprint density at radius 3 is 1.89 bits per heavy atom. The van der Waals surface area contributed by atoms with Crippen molar-refractivity contribution in [3.8, 4) is 0 Å².